The van der Waals surface area contributed by atoms with E-state index in [0.29, 0.717) is 17.2 Å². The first kappa shape index (κ1) is 11.9. The van der Waals surface area contributed by atoms with Crippen LogP contribution in [0.3, 0.4) is 0 Å². The molecule has 84 valence electrons. The lowest BCUT2D eigenvalue weighted by Gasteiger charge is -2.10. The number of hydrogen-bond donors (Lipinski definition) is 1. The number of carbonyl (C=O) groups is 1. The third kappa shape index (κ3) is 2.89. The van der Waals surface area contributed by atoms with Gasteiger partial charge in [0, 0.05) is 6.07 Å². The molecule has 16 heavy (non-hydrogen) atoms. The van der Waals surface area contributed by atoms with Gasteiger partial charge in [0.25, 0.3) is 0 Å². The number of nitrogens with one attached hydrogen (secondary N) is 1. The summed E-state index contributed by atoms with van der Waals surface area (Å²) in [6, 6.07) is 6.81. The van der Waals surface area contributed by atoms with Crippen LogP contribution in [0.2, 0.25) is 0 Å². The van der Waals surface area contributed by atoms with Crippen LogP contribution in [0.1, 0.15) is 6.42 Å². The molecule has 1 aromatic rings. The summed E-state index contributed by atoms with van der Waals surface area (Å²) in [5, 5.41) is 10.9. The molecule has 1 rings (SSSR count). The van der Waals surface area contributed by atoms with Crippen LogP contribution in [0, 0.1) is 11.3 Å². The van der Waals surface area contributed by atoms with Gasteiger partial charge in [0.2, 0.25) is 5.91 Å². The number of nitriles is 1. The normalized spacial score (nSPS) is 9.06. The third-order valence-corrected chi connectivity index (χ3v) is 1.92. The van der Waals surface area contributed by atoms with E-state index in [4.69, 9.17) is 14.7 Å². The minimum absolute atomic E-state index is 0.194. The van der Waals surface area contributed by atoms with Crippen LogP contribution in [-0.4, -0.2) is 20.1 Å². The van der Waals surface area contributed by atoms with Crippen molar-refractivity contribution in [3.05, 3.63) is 18.2 Å². The lowest BCUT2D eigenvalue weighted by atomic mass is 10.2. The van der Waals surface area contributed by atoms with Gasteiger partial charge in [0.05, 0.1) is 26.0 Å². The van der Waals surface area contributed by atoms with E-state index in [1.807, 2.05) is 0 Å². The Morgan fingerprint density at radius 1 is 1.44 bits per heavy atom. The van der Waals surface area contributed by atoms with Crippen LogP contribution in [0.5, 0.6) is 11.5 Å². The quantitative estimate of drug-likeness (QED) is 0.835. The van der Waals surface area contributed by atoms with Crippen molar-refractivity contribution >= 4 is 11.6 Å². The lowest BCUT2D eigenvalue weighted by Crippen LogP contribution is -2.11. The van der Waals surface area contributed by atoms with E-state index in [-0.39, 0.29) is 12.3 Å². The second-order valence-corrected chi connectivity index (χ2v) is 2.95. The molecule has 0 saturated heterocycles. The average Bonchev–Trinajstić information content (AvgIpc) is 2.29. The van der Waals surface area contributed by atoms with Crippen LogP contribution in [0.25, 0.3) is 0 Å². The van der Waals surface area contributed by atoms with E-state index >= 15 is 0 Å². The molecule has 0 atom stereocenters. The standard InChI is InChI=1S/C11H12N2O3/c1-15-8-3-4-10(16-2)9(7-8)13-11(14)5-6-12/h3-4,7H,5H2,1-2H3,(H,13,14). The summed E-state index contributed by atoms with van der Waals surface area (Å²) >= 11 is 0. The Kier molecular flexibility index (Phi) is 4.16. The predicted molar refractivity (Wildman–Crippen MR) is 58.4 cm³/mol. The summed E-state index contributed by atoms with van der Waals surface area (Å²) < 4.78 is 10.1. The summed E-state index contributed by atoms with van der Waals surface area (Å²) in [7, 11) is 3.03. The minimum Gasteiger partial charge on any atom is -0.497 e. The molecular weight excluding hydrogens is 208 g/mol. The van der Waals surface area contributed by atoms with Crippen molar-refractivity contribution in [1.29, 1.82) is 5.26 Å². The van der Waals surface area contributed by atoms with E-state index in [1.165, 1.54) is 14.2 Å². The molecule has 0 aliphatic rings. The maximum Gasteiger partial charge on any atom is 0.238 e. The molecule has 0 fully saturated rings. The highest BCUT2D eigenvalue weighted by molar-refractivity contribution is 5.93. The highest BCUT2D eigenvalue weighted by Crippen LogP contribution is 2.28. The van der Waals surface area contributed by atoms with Crippen molar-refractivity contribution in [3.8, 4) is 17.6 Å². The Labute approximate surface area is 93.6 Å². The van der Waals surface area contributed by atoms with Crippen molar-refractivity contribution < 1.29 is 14.3 Å². The van der Waals surface area contributed by atoms with Gasteiger partial charge in [-0.15, -0.1) is 0 Å². The second kappa shape index (κ2) is 5.61. The summed E-state index contributed by atoms with van der Waals surface area (Å²) in [6.45, 7) is 0. The molecule has 0 saturated carbocycles. The number of nitrogens with zero attached hydrogens (tertiary/aromatic N) is 1. The van der Waals surface area contributed by atoms with Gasteiger partial charge < -0.3 is 14.8 Å². The molecule has 0 aliphatic heterocycles. The van der Waals surface area contributed by atoms with Gasteiger partial charge >= 0.3 is 0 Å². The lowest BCUT2D eigenvalue weighted by molar-refractivity contribution is -0.115. The van der Waals surface area contributed by atoms with E-state index in [1.54, 1.807) is 24.3 Å². The fraction of sp³-hybridized carbons (Fsp3) is 0.273. The van der Waals surface area contributed by atoms with Crippen LogP contribution in [0.15, 0.2) is 18.2 Å². The first-order valence-corrected chi connectivity index (χ1v) is 4.60. The summed E-state index contributed by atoms with van der Waals surface area (Å²) in [4.78, 5) is 11.3. The van der Waals surface area contributed by atoms with Crippen molar-refractivity contribution in [3.63, 3.8) is 0 Å². The first-order valence-electron chi connectivity index (χ1n) is 4.60. The Morgan fingerprint density at radius 2 is 2.19 bits per heavy atom. The average molecular weight is 220 g/mol. The highest BCUT2D eigenvalue weighted by atomic mass is 16.5. The fourth-order valence-corrected chi connectivity index (χ4v) is 1.18. The topological polar surface area (TPSA) is 71.3 Å². The van der Waals surface area contributed by atoms with E-state index in [0.717, 1.165) is 0 Å². The molecule has 1 aromatic carbocycles. The van der Waals surface area contributed by atoms with E-state index < -0.39 is 0 Å². The van der Waals surface area contributed by atoms with Gasteiger partial charge in [-0.2, -0.15) is 5.26 Å². The molecule has 0 spiro atoms. The summed E-state index contributed by atoms with van der Waals surface area (Å²) in [5.41, 5.74) is 0.488. The smallest absolute Gasteiger partial charge is 0.238 e. The summed E-state index contributed by atoms with van der Waals surface area (Å²) in [6.07, 6.45) is -0.194. The van der Waals surface area contributed by atoms with E-state index in [9.17, 15) is 4.79 Å². The molecule has 5 heteroatoms. The Balaban J connectivity index is 2.92. The second-order valence-electron chi connectivity index (χ2n) is 2.95. The van der Waals surface area contributed by atoms with Crippen LogP contribution >= 0.6 is 0 Å². The van der Waals surface area contributed by atoms with Crippen LogP contribution < -0.4 is 14.8 Å². The number of amides is 1. The number of methoxy groups -OCH3 is 2. The Hall–Kier alpha value is -2.22. The zero-order valence-corrected chi connectivity index (χ0v) is 9.11. The SMILES string of the molecule is COc1ccc(OC)c(NC(=O)CC#N)c1. The van der Waals surface area contributed by atoms with Crippen molar-refractivity contribution in [2.45, 2.75) is 6.42 Å². The number of hydrogen-bond acceptors (Lipinski definition) is 4. The van der Waals surface area contributed by atoms with Gasteiger partial charge in [-0.05, 0) is 12.1 Å². The maximum absolute atomic E-state index is 11.3. The number of carbonyl (C=O) groups excluding carboxylic acids is 1. The fourth-order valence-electron chi connectivity index (χ4n) is 1.18. The molecule has 1 N–H and O–H groups in total. The van der Waals surface area contributed by atoms with Gasteiger partial charge in [0.1, 0.15) is 17.9 Å². The molecular formula is C11H12N2O3. The highest BCUT2D eigenvalue weighted by Gasteiger charge is 2.08. The molecule has 5 nitrogen and oxygen atoms in total. The summed E-state index contributed by atoms with van der Waals surface area (Å²) in [5.74, 6) is 0.745. The molecule has 0 bridgehead atoms. The Morgan fingerprint density at radius 3 is 2.75 bits per heavy atom. The molecule has 0 aromatic heterocycles. The zero-order valence-electron chi connectivity index (χ0n) is 9.11. The zero-order chi connectivity index (χ0) is 12.0. The van der Waals surface area contributed by atoms with Crippen molar-refractivity contribution in [1.82, 2.24) is 0 Å². The number of benzene rings is 1. The molecule has 0 unspecified atom stereocenters. The molecule has 0 radical (unpaired) electrons. The van der Waals surface area contributed by atoms with Gasteiger partial charge in [-0.25, -0.2) is 0 Å². The maximum atomic E-state index is 11.3. The largest absolute Gasteiger partial charge is 0.497 e. The molecule has 0 aliphatic carbocycles. The number of anilines is 1. The number of ether oxygens (including phenoxy) is 2. The van der Waals surface area contributed by atoms with Crippen LogP contribution in [-0.2, 0) is 4.79 Å². The minimum atomic E-state index is -0.381. The van der Waals surface area contributed by atoms with E-state index in [2.05, 4.69) is 5.32 Å². The monoisotopic (exact) mass is 220 g/mol. The van der Waals surface area contributed by atoms with Gasteiger partial charge in [-0.3, -0.25) is 4.79 Å². The Bertz CT molecular complexity index is 424. The van der Waals surface area contributed by atoms with Crippen molar-refractivity contribution in [2.75, 3.05) is 19.5 Å². The molecule has 0 heterocycles. The first-order chi connectivity index (χ1) is 7.71. The number of rotatable bonds is 4. The molecule has 1 amide bonds. The van der Waals surface area contributed by atoms with Gasteiger partial charge in [-0.1, -0.05) is 0 Å². The van der Waals surface area contributed by atoms with Gasteiger partial charge in [0.15, 0.2) is 0 Å². The van der Waals surface area contributed by atoms with Crippen molar-refractivity contribution in [2.24, 2.45) is 0 Å². The predicted octanol–water partition coefficient (Wildman–Crippen LogP) is 1.56. The third-order valence-electron chi connectivity index (χ3n) is 1.92. The van der Waals surface area contributed by atoms with Crippen LogP contribution in [0.4, 0.5) is 5.69 Å².